The number of rotatable bonds is 7. The first kappa shape index (κ1) is 22.3. The molecule has 1 amide bonds. The van der Waals surface area contributed by atoms with Crippen molar-refractivity contribution < 1.29 is 33.6 Å². The molecular weight excluding hydrogens is 432 g/mol. The fourth-order valence-electron chi connectivity index (χ4n) is 3.71. The third-order valence-electron chi connectivity index (χ3n) is 5.36. The summed E-state index contributed by atoms with van der Waals surface area (Å²) in [4.78, 5) is 26.3. The molecule has 0 bridgehead atoms. The maximum atomic E-state index is 12.8. The molecule has 0 atom stereocenters. The Hall–Kier alpha value is -3.92. The Morgan fingerprint density at radius 3 is 2.64 bits per heavy atom. The topological polar surface area (TPSA) is 131 Å². The third kappa shape index (κ3) is 4.51. The molecule has 10 heteroatoms. The molecule has 0 radical (unpaired) electrons. The number of methoxy groups -OCH3 is 2. The molecule has 1 saturated heterocycles. The van der Waals surface area contributed by atoms with Crippen molar-refractivity contribution in [2.45, 2.75) is 0 Å². The highest BCUT2D eigenvalue weighted by atomic mass is 16.5. The summed E-state index contributed by atoms with van der Waals surface area (Å²) < 4.78 is 22.1. The number of hydrogen-bond donors (Lipinski definition) is 3. The molecular formula is C23H24N2O8. The van der Waals surface area contributed by atoms with Crippen molar-refractivity contribution in [3.8, 4) is 40.1 Å². The Labute approximate surface area is 188 Å². The smallest absolute Gasteiger partial charge is 0.234 e. The maximum absolute atomic E-state index is 12.8. The number of piperazine rings is 1. The van der Waals surface area contributed by atoms with Gasteiger partial charge in [0.2, 0.25) is 11.7 Å². The molecule has 1 aliphatic rings. The highest BCUT2D eigenvalue weighted by molar-refractivity contribution is 5.89. The first-order valence-electron chi connectivity index (χ1n) is 10.3. The molecule has 0 spiro atoms. The molecule has 1 aromatic heterocycles. The second kappa shape index (κ2) is 9.29. The van der Waals surface area contributed by atoms with Crippen molar-refractivity contribution >= 4 is 16.9 Å². The number of ether oxygens (including phenoxy) is 3. The van der Waals surface area contributed by atoms with Crippen molar-refractivity contribution in [2.75, 3.05) is 47.0 Å². The Kier molecular flexibility index (Phi) is 6.27. The number of carbonyl (C=O) groups is 1. The molecule has 1 aliphatic heterocycles. The summed E-state index contributed by atoms with van der Waals surface area (Å²) in [6.07, 6.45) is 0. The molecule has 174 valence electrons. The van der Waals surface area contributed by atoms with Crippen LogP contribution in [0.2, 0.25) is 0 Å². The van der Waals surface area contributed by atoms with Crippen molar-refractivity contribution in [3.05, 3.63) is 40.6 Å². The number of fused-ring (bicyclic) bond motifs is 1. The van der Waals surface area contributed by atoms with E-state index in [4.69, 9.17) is 18.6 Å². The molecule has 2 heterocycles. The Bertz CT molecular complexity index is 1250. The number of hydrogen-bond acceptors (Lipinski definition) is 9. The van der Waals surface area contributed by atoms with Gasteiger partial charge in [-0.3, -0.25) is 14.5 Å². The summed E-state index contributed by atoms with van der Waals surface area (Å²) in [5, 5.41) is 23.2. The van der Waals surface area contributed by atoms with Crippen LogP contribution in [0.15, 0.2) is 39.5 Å². The lowest BCUT2D eigenvalue weighted by atomic mass is 10.1. The van der Waals surface area contributed by atoms with E-state index in [9.17, 15) is 19.8 Å². The highest BCUT2D eigenvalue weighted by Crippen LogP contribution is 2.42. The second-order valence-electron chi connectivity index (χ2n) is 7.47. The summed E-state index contributed by atoms with van der Waals surface area (Å²) >= 11 is 0. The minimum absolute atomic E-state index is 0.0187. The van der Waals surface area contributed by atoms with Gasteiger partial charge in [-0.2, -0.15) is 0 Å². The van der Waals surface area contributed by atoms with Crippen LogP contribution in [0, 0.1) is 0 Å². The molecule has 0 saturated carbocycles. The second-order valence-corrected chi connectivity index (χ2v) is 7.47. The largest absolute Gasteiger partial charge is 0.504 e. The lowest BCUT2D eigenvalue weighted by molar-refractivity contribution is -0.124. The lowest BCUT2D eigenvalue weighted by Crippen LogP contribution is -2.48. The summed E-state index contributed by atoms with van der Waals surface area (Å²) in [6.45, 7) is 2.30. The number of nitrogens with zero attached hydrogens (tertiary/aromatic N) is 1. The van der Waals surface area contributed by atoms with Crippen LogP contribution in [-0.2, 0) is 4.79 Å². The van der Waals surface area contributed by atoms with Crippen LogP contribution in [0.1, 0.15) is 0 Å². The maximum Gasteiger partial charge on any atom is 0.234 e. The minimum atomic E-state index is -0.472. The van der Waals surface area contributed by atoms with E-state index in [0.717, 1.165) is 0 Å². The quantitative estimate of drug-likeness (QED) is 0.486. The monoisotopic (exact) mass is 456 g/mol. The average molecular weight is 456 g/mol. The predicted molar refractivity (Wildman–Crippen MR) is 119 cm³/mol. The summed E-state index contributed by atoms with van der Waals surface area (Å²) in [7, 11) is 2.78. The van der Waals surface area contributed by atoms with E-state index in [-0.39, 0.29) is 64.5 Å². The van der Waals surface area contributed by atoms with Gasteiger partial charge in [0, 0.05) is 37.3 Å². The first-order chi connectivity index (χ1) is 15.9. The zero-order valence-electron chi connectivity index (χ0n) is 18.2. The van der Waals surface area contributed by atoms with Gasteiger partial charge in [-0.1, -0.05) is 0 Å². The van der Waals surface area contributed by atoms with E-state index in [2.05, 4.69) is 5.32 Å². The van der Waals surface area contributed by atoms with Crippen LogP contribution in [0.3, 0.4) is 0 Å². The van der Waals surface area contributed by atoms with Crippen LogP contribution in [-0.4, -0.2) is 68.0 Å². The molecule has 0 unspecified atom stereocenters. The SMILES string of the molecule is COc1cc(-c2cc(=O)c3c(O)c(OC)c(OCCN4CCNC(=O)C4)cc3o2)ccc1O. The molecule has 4 rings (SSSR count). The van der Waals surface area contributed by atoms with E-state index in [1.165, 1.54) is 38.5 Å². The number of nitrogens with one attached hydrogen (secondary N) is 1. The van der Waals surface area contributed by atoms with Gasteiger partial charge in [0.05, 0.1) is 20.8 Å². The number of phenols is 2. The van der Waals surface area contributed by atoms with Gasteiger partial charge in [-0.05, 0) is 18.2 Å². The molecule has 0 aliphatic carbocycles. The van der Waals surface area contributed by atoms with Crippen LogP contribution in [0.4, 0.5) is 0 Å². The number of benzene rings is 2. The van der Waals surface area contributed by atoms with Crippen LogP contribution in [0.5, 0.6) is 28.7 Å². The van der Waals surface area contributed by atoms with Gasteiger partial charge in [-0.25, -0.2) is 0 Å². The van der Waals surface area contributed by atoms with Crippen molar-refractivity contribution in [1.82, 2.24) is 10.2 Å². The molecule has 3 N–H and O–H groups in total. The zero-order valence-corrected chi connectivity index (χ0v) is 18.2. The van der Waals surface area contributed by atoms with Crippen LogP contribution >= 0.6 is 0 Å². The standard InChI is InChI=1S/C23H24N2O8/c1-30-17-9-13(3-4-14(17)26)16-10-15(27)21-18(33-16)11-19(23(31-2)22(21)29)32-8-7-25-6-5-24-20(28)12-25/h3-4,9-11,26,29H,5-8,12H2,1-2H3,(H,24,28). The molecule has 3 aromatic rings. The fraction of sp³-hybridized carbons (Fsp3) is 0.304. The predicted octanol–water partition coefficient (Wildman–Crippen LogP) is 1.70. The van der Waals surface area contributed by atoms with Crippen LogP contribution < -0.4 is 25.0 Å². The van der Waals surface area contributed by atoms with Crippen LogP contribution in [0.25, 0.3) is 22.3 Å². The highest BCUT2D eigenvalue weighted by Gasteiger charge is 2.21. The van der Waals surface area contributed by atoms with E-state index < -0.39 is 5.43 Å². The van der Waals surface area contributed by atoms with Crippen molar-refractivity contribution in [1.29, 1.82) is 0 Å². The van der Waals surface area contributed by atoms with Crippen molar-refractivity contribution in [2.24, 2.45) is 0 Å². The van der Waals surface area contributed by atoms with Gasteiger partial charge in [0.1, 0.15) is 23.3 Å². The zero-order chi connectivity index (χ0) is 23.5. The molecule has 10 nitrogen and oxygen atoms in total. The number of amides is 1. The molecule has 33 heavy (non-hydrogen) atoms. The van der Waals surface area contributed by atoms with Gasteiger partial charge in [0.15, 0.2) is 28.4 Å². The Balaban J connectivity index is 1.67. The molecule has 1 fully saturated rings. The minimum Gasteiger partial charge on any atom is -0.504 e. The fourth-order valence-corrected chi connectivity index (χ4v) is 3.71. The van der Waals surface area contributed by atoms with Gasteiger partial charge >= 0.3 is 0 Å². The lowest BCUT2D eigenvalue weighted by Gasteiger charge is -2.26. The summed E-state index contributed by atoms with van der Waals surface area (Å²) in [5.41, 5.74) is 0.139. The Morgan fingerprint density at radius 1 is 1.09 bits per heavy atom. The number of phenolic OH excluding ortho intramolecular Hbond substituents is 2. The average Bonchev–Trinajstić information content (AvgIpc) is 2.79. The Morgan fingerprint density at radius 2 is 1.91 bits per heavy atom. The third-order valence-corrected chi connectivity index (χ3v) is 5.36. The number of aromatic hydroxyl groups is 2. The van der Waals surface area contributed by atoms with Gasteiger partial charge in [0.25, 0.3) is 0 Å². The van der Waals surface area contributed by atoms with E-state index in [1.807, 2.05) is 4.90 Å². The summed E-state index contributed by atoms with van der Waals surface area (Å²) in [6, 6.07) is 7.28. The van der Waals surface area contributed by atoms with Gasteiger partial charge in [-0.15, -0.1) is 0 Å². The normalized spacial score (nSPS) is 14.2. The molecule has 2 aromatic carbocycles. The van der Waals surface area contributed by atoms with E-state index in [0.29, 0.717) is 25.2 Å². The van der Waals surface area contributed by atoms with Gasteiger partial charge < -0.3 is 34.2 Å². The first-order valence-corrected chi connectivity index (χ1v) is 10.3. The van der Waals surface area contributed by atoms with E-state index in [1.54, 1.807) is 6.07 Å². The van der Waals surface area contributed by atoms with E-state index >= 15 is 0 Å². The summed E-state index contributed by atoms with van der Waals surface area (Å²) in [5.74, 6) is 0.198. The number of carbonyl (C=O) groups excluding carboxylic acids is 1. The van der Waals surface area contributed by atoms with Crippen molar-refractivity contribution in [3.63, 3.8) is 0 Å².